The second-order valence-corrected chi connectivity index (χ2v) is 6.56. The second-order valence-electron chi connectivity index (χ2n) is 6.56. The number of ether oxygens (including phenoxy) is 1. The number of hydrogen-bond donors (Lipinski definition) is 1. The van der Waals surface area contributed by atoms with Gasteiger partial charge in [0.2, 0.25) is 5.91 Å². The van der Waals surface area contributed by atoms with E-state index in [2.05, 4.69) is 44.3 Å². The minimum atomic E-state index is 0. The lowest BCUT2D eigenvalue weighted by Gasteiger charge is -2.22. The Hall–Kier alpha value is -1.10. The van der Waals surface area contributed by atoms with Crippen molar-refractivity contribution in [3.63, 3.8) is 0 Å². The zero-order chi connectivity index (χ0) is 15.5. The van der Waals surface area contributed by atoms with Gasteiger partial charge in [0.25, 0.3) is 0 Å². The van der Waals surface area contributed by atoms with E-state index in [1.54, 1.807) is 7.11 Å². The number of amides is 1. The van der Waals surface area contributed by atoms with Crippen molar-refractivity contribution in [2.45, 2.75) is 32.6 Å². The van der Waals surface area contributed by atoms with Gasteiger partial charge in [-0.25, -0.2) is 0 Å². The third kappa shape index (κ3) is 4.45. The predicted octanol–water partition coefficient (Wildman–Crippen LogP) is 2.53. The van der Waals surface area contributed by atoms with Gasteiger partial charge < -0.3 is 15.0 Å². The van der Waals surface area contributed by atoms with E-state index in [9.17, 15) is 4.79 Å². The van der Waals surface area contributed by atoms with Crippen LogP contribution in [0.15, 0.2) is 18.2 Å². The van der Waals surface area contributed by atoms with Gasteiger partial charge in [-0.15, -0.1) is 12.4 Å². The van der Waals surface area contributed by atoms with Crippen molar-refractivity contribution in [1.29, 1.82) is 0 Å². The minimum Gasteiger partial charge on any atom is -0.383 e. The second kappa shape index (κ2) is 7.95. The Kier molecular flexibility index (Phi) is 6.85. The molecule has 1 aromatic rings. The average molecular weight is 327 g/mol. The largest absolute Gasteiger partial charge is 0.383 e. The van der Waals surface area contributed by atoms with E-state index < -0.39 is 0 Å². The number of carbonyl (C=O) groups excluding carboxylic acids is 1. The summed E-state index contributed by atoms with van der Waals surface area (Å²) < 4.78 is 4.96. The first kappa shape index (κ1) is 18.9. The normalized spacial score (nSPS) is 13.7. The summed E-state index contributed by atoms with van der Waals surface area (Å²) in [5.74, 6) is 0.133. The molecular weight excluding hydrogens is 300 g/mol. The van der Waals surface area contributed by atoms with E-state index >= 15 is 0 Å². The van der Waals surface area contributed by atoms with Crippen LogP contribution in [0.1, 0.15) is 31.9 Å². The molecule has 0 aliphatic carbocycles. The van der Waals surface area contributed by atoms with E-state index in [-0.39, 0.29) is 23.7 Å². The first-order valence-corrected chi connectivity index (χ1v) is 7.57. The smallest absolute Gasteiger partial charge is 0.240 e. The molecule has 22 heavy (non-hydrogen) atoms. The molecule has 0 atom stereocenters. The summed E-state index contributed by atoms with van der Waals surface area (Å²) in [5.41, 5.74) is 3.83. The summed E-state index contributed by atoms with van der Waals surface area (Å²) in [6.07, 6.45) is 0.947. The molecule has 0 unspecified atom stereocenters. The summed E-state index contributed by atoms with van der Waals surface area (Å²) in [6, 6.07) is 6.49. The highest BCUT2D eigenvalue weighted by atomic mass is 35.5. The highest BCUT2D eigenvalue weighted by molar-refractivity contribution is 5.96. The van der Waals surface area contributed by atoms with Gasteiger partial charge in [-0.05, 0) is 29.0 Å². The fourth-order valence-electron chi connectivity index (χ4n) is 2.59. The summed E-state index contributed by atoms with van der Waals surface area (Å²) >= 11 is 0. The van der Waals surface area contributed by atoms with Gasteiger partial charge in [0.15, 0.2) is 0 Å². The Morgan fingerprint density at radius 3 is 2.73 bits per heavy atom. The SMILES string of the molecule is COCCNCC(=O)N1CCc2cc(C(C)(C)C)ccc21.Cl. The first-order chi connectivity index (χ1) is 9.93. The summed E-state index contributed by atoms with van der Waals surface area (Å²) in [7, 11) is 1.66. The number of benzene rings is 1. The van der Waals surface area contributed by atoms with E-state index in [4.69, 9.17) is 4.74 Å². The van der Waals surface area contributed by atoms with Crippen molar-refractivity contribution in [2.75, 3.05) is 38.3 Å². The number of nitrogens with one attached hydrogen (secondary N) is 1. The Morgan fingerprint density at radius 1 is 1.36 bits per heavy atom. The van der Waals surface area contributed by atoms with Crippen LogP contribution in [0.25, 0.3) is 0 Å². The molecule has 1 heterocycles. The van der Waals surface area contributed by atoms with Gasteiger partial charge in [-0.2, -0.15) is 0 Å². The van der Waals surface area contributed by atoms with Crippen molar-refractivity contribution in [1.82, 2.24) is 5.32 Å². The lowest BCUT2D eigenvalue weighted by atomic mass is 9.86. The van der Waals surface area contributed by atoms with Crippen LogP contribution in [-0.4, -0.2) is 39.3 Å². The lowest BCUT2D eigenvalue weighted by Crippen LogP contribution is -2.38. The molecule has 1 aromatic carbocycles. The first-order valence-electron chi connectivity index (χ1n) is 7.57. The fourth-order valence-corrected chi connectivity index (χ4v) is 2.59. The van der Waals surface area contributed by atoms with Crippen LogP contribution >= 0.6 is 12.4 Å². The van der Waals surface area contributed by atoms with Crippen LogP contribution in [0.4, 0.5) is 5.69 Å². The molecule has 1 aliphatic heterocycles. The third-order valence-corrected chi connectivity index (χ3v) is 3.90. The number of fused-ring (bicyclic) bond motifs is 1. The van der Waals surface area contributed by atoms with Crippen molar-refractivity contribution < 1.29 is 9.53 Å². The highest BCUT2D eigenvalue weighted by Crippen LogP contribution is 2.32. The molecule has 0 saturated carbocycles. The number of rotatable bonds is 5. The minimum absolute atomic E-state index is 0. The molecular formula is C17H27ClN2O2. The van der Waals surface area contributed by atoms with Gasteiger partial charge in [0.1, 0.15) is 0 Å². The molecule has 1 N–H and O–H groups in total. The van der Waals surface area contributed by atoms with Crippen LogP contribution in [0, 0.1) is 0 Å². The van der Waals surface area contributed by atoms with Crippen molar-refractivity contribution in [3.05, 3.63) is 29.3 Å². The Balaban J connectivity index is 0.00000242. The molecule has 0 fully saturated rings. The Bertz CT molecular complexity index is 512. The number of hydrogen-bond acceptors (Lipinski definition) is 3. The molecule has 0 spiro atoms. The predicted molar refractivity (Wildman–Crippen MR) is 93.2 cm³/mol. The molecule has 0 bridgehead atoms. The molecule has 5 heteroatoms. The average Bonchev–Trinajstić information content (AvgIpc) is 2.85. The van der Waals surface area contributed by atoms with E-state index in [1.807, 2.05) is 4.90 Å². The molecule has 2 rings (SSSR count). The maximum atomic E-state index is 12.3. The van der Waals surface area contributed by atoms with Crippen molar-refractivity contribution in [3.8, 4) is 0 Å². The number of carbonyl (C=O) groups is 1. The van der Waals surface area contributed by atoms with Gasteiger partial charge in [-0.3, -0.25) is 4.79 Å². The summed E-state index contributed by atoms with van der Waals surface area (Å²) in [5, 5.41) is 3.11. The number of methoxy groups -OCH3 is 1. The van der Waals surface area contributed by atoms with Gasteiger partial charge in [0, 0.05) is 25.9 Å². The fraction of sp³-hybridized carbons (Fsp3) is 0.588. The molecule has 1 aliphatic rings. The topological polar surface area (TPSA) is 41.6 Å². The van der Waals surface area contributed by atoms with Crippen LogP contribution < -0.4 is 10.2 Å². The molecule has 1 amide bonds. The van der Waals surface area contributed by atoms with Gasteiger partial charge in [0.05, 0.1) is 13.2 Å². The van der Waals surface area contributed by atoms with Gasteiger partial charge in [-0.1, -0.05) is 32.9 Å². The van der Waals surface area contributed by atoms with E-state index in [0.29, 0.717) is 19.7 Å². The molecule has 0 radical (unpaired) electrons. The van der Waals surface area contributed by atoms with Gasteiger partial charge >= 0.3 is 0 Å². The molecule has 4 nitrogen and oxygen atoms in total. The molecule has 0 aromatic heterocycles. The highest BCUT2D eigenvalue weighted by Gasteiger charge is 2.25. The maximum Gasteiger partial charge on any atom is 0.240 e. The monoisotopic (exact) mass is 326 g/mol. The van der Waals surface area contributed by atoms with Crippen molar-refractivity contribution in [2.24, 2.45) is 0 Å². The van der Waals surface area contributed by atoms with Crippen LogP contribution in [0.2, 0.25) is 0 Å². The quantitative estimate of drug-likeness (QED) is 0.845. The van der Waals surface area contributed by atoms with Crippen LogP contribution in [-0.2, 0) is 21.4 Å². The maximum absolute atomic E-state index is 12.3. The summed E-state index contributed by atoms with van der Waals surface area (Å²) in [6.45, 7) is 9.12. The van der Waals surface area contributed by atoms with Crippen molar-refractivity contribution >= 4 is 24.0 Å². The third-order valence-electron chi connectivity index (χ3n) is 3.90. The zero-order valence-electron chi connectivity index (χ0n) is 13.9. The molecule has 0 saturated heterocycles. The molecule has 124 valence electrons. The lowest BCUT2D eigenvalue weighted by molar-refractivity contribution is -0.117. The standard InChI is InChI=1S/C17H26N2O2.ClH/c1-17(2,3)14-5-6-15-13(11-14)7-9-19(15)16(20)12-18-8-10-21-4;/h5-6,11,18H,7-10,12H2,1-4H3;1H. The number of nitrogens with zero attached hydrogens (tertiary/aromatic N) is 1. The van der Waals surface area contributed by atoms with E-state index in [0.717, 1.165) is 18.7 Å². The summed E-state index contributed by atoms with van der Waals surface area (Å²) in [4.78, 5) is 14.2. The van der Waals surface area contributed by atoms with Crippen LogP contribution in [0.3, 0.4) is 0 Å². The Morgan fingerprint density at radius 2 is 2.09 bits per heavy atom. The number of anilines is 1. The van der Waals surface area contributed by atoms with Crippen LogP contribution in [0.5, 0.6) is 0 Å². The Labute approximate surface area is 139 Å². The zero-order valence-corrected chi connectivity index (χ0v) is 14.8. The van der Waals surface area contributed by atoms with E-state index in [1.165, 1.54) is 11.1 Å². The number of halogens is 1.